The minimum atomic E-state index is 0.888. The lowest BCUT2D eigenvalue weighted by Gasteiger charge is -2.07. The third-order valence-electron chi connectivity index (χ3n) is 3.38. The first-order chi connectivity index (χ1) is 9.86. The van der Waals surface area contributed by atoms with Crippen molar-refractivity contribution in [2.45, 2.75) is 5.33 Å². The van der Waals surface area contributed by atoms with Gasteiger partial charge in [-0.15, -0.1) is 0 Å². The number of hydrogen-bond acceptors (Lipinski definition) is 0. The summed E-state index contributed by atoms with van der Waals surface area (Å²) in [6.45, 7) is 0. The zero-order chi connectivity index (χ0) is 13.8. The van der Waals surface area contributed by atoms with Crippen molar-refractivity contribution in [1.29, 1.82) is 0 Å². The van der Waals surface area contributed by atoms with Crippen LogP contribution in [-0.4, -0.2) is 0 Å². The molecule has 0 saturated heterocycles. The van der Waals surface area contributed by atoms with Gasteiger partial charge in [-0.05, 0) is 33.9 Å². The molecule has 0 aromatic heterocycles. The molecule has 1 heteroatoms. The van der Waals surface area contributed by atoms with Crippen LogP contribution in [0.1, 0.15) is 5.56 Å². The Morgan fingerprint density at radius 1 is 0.550 bits per heavy atom. The van der Waals surface area contributed by atoms with Crippen molar-refractivity contribution in [1.82, 2.24) is 0 Å². The van der Waals surface area contributed by atoms with Crippen molar-refractivity contribution in [2.75, 3.05) is 0 Å². The maximum Gasteiger partial charge on any atom is 0.0283 e. The SMILES string of the molecule is BrCc1cccc(-c2cccc(-c3ccccc3)c2)c1. The van der Waals surface area contributed by atoms with Crippen LogP contribution in [0.2, 0.25) is 0 Å². The van der Waals surface area contributed by atoms with Gasteiger partial charge in [0, 0.05) is 5.33 Å². The minimum Gasteiger partial charge on any atom is -0.0876 e. The van der Waals surface area contributed by atoms with Gasteiger partial charge in [-0.3, -0.25) is 0 Å². The molecule has 0 saturated carbocycles. The summed E-state index contributed by atoms with van der Waals surface area (Å²) in [5, 5.41) is 0.888. The maximum absolute atomic E-state index is 3.52. The first kappa shape index (κ1) is 13.1. The lowest BCUT2D eigenvalue weighted by Crippen LogP contribution is -1.83. The van der Waals surface area contributed by atoms with Crippen LogP contribution in [0.15, 0.2) is 78.9 Å². The summed E-state index contributed by atoms with van der Waals surface area (Å²) >= 11 is 3.52. The second-order valence-electron chi connectivity index (χ2n) is 4.78. The highest BCUT2D eigenvalue weighted by Gasteiger charge is 2.02. The zero-order valence-electron chi connectivity index (χ0n) is 11.1. The summed E-state index contributed by atoms with van der Waals surface area (Å²) in [6, 6.07) is 27.8. The molecule has 0 aliphatic heterocycles. The van der Waals surface area contributed by atoms with Gasteiger partial charge in [-0.2, -0.15) is 0 Å². The summed E-state index contributed by atoms with van der Waals surface area (Å²) < 4.78 is 0. The Labute approximate surface area is 128 Å². The third kappa shape index (κ3) is 2.83. The van der Waals surface area contributed by atoms with Crippen LogP contribution in [0.3, 0.4) is 0 Å². The lowest BCUT2D eigenvalue weighted by atomic mass is 9.98. The van der Waals surface area contributed by atoms with Gasteiger partial charge in [0.15, 0.2) is 0 Å². The fourth-order valence-electron chi connectivity index (χ4n) is 2.34. The van der Waals surface area contributed by atoms with Crippen LogP contribution in [0, 0.1) is 0 Å². The molecule has 0 aliphatic rings. The molecular weight excluding hydrogens is 308 g/mol. The number of hydrogen-bond donors (Lipinski definition) is 0. The topological polar surface area (TPSA) is 0 Å². The molecule has 98 valence electrons. The highest BCUT2D eigenvalue weighted by molar-refractivity contribution is 9.08. The first-order valence-corrected chi connectivity index (χ1v) is 7.80. The number of halogens is 1. The third-order valence-corrected chi connectivity index (χ3v) is 4.03. The molecule has 0 bridgehead atoms. The van der Waals surface area contributed by atoms with Crippen LogP contribution < -0.4 is 0 Å². The Bertz CT molecular complexity index is 702. The highest BCUT2D eigenvalue weighted by atomic mass is 79.9. The molecule has 3 aromatic rings. The van der Waals surface area contributed by atoms with E-state index in [-0.39, 0.29) is 0 Å². The molecule has 0 amide bonds. The van der Waals surface area contributed by atoms with Crippen LogP contribution in [0.25, 0.3) is 22.3 Å². The average Bonchev–Trinajstić information content (AvgIpc) is 2.56. The van der Waals surface area contributed by atoms with Gasteiger partial charge in [0.2, 0.25) is 0 Å². The Morgan fingerprint density at radius 3 is 1.80 bits per heavy atom. The second-order valence-corrected chi connectivity index (χ2v) is 5.34. The highest BCUT2D eigenvalue weighted by Crippen LogP contribution is 2.27. The molecule has 3 aromatic carbocycles. The van der Waals surface area contributed by atoms with Gasteiger partial charge in [0.25, 0.3) is 0 Å². The number of alkyl halides is 1. The van der Waals surface area contributed by atoms with Crippen molar-refractivity contribution in [2.24, 2.45) is 0 Å². The quantitative estimate of drug-likeness (QED) is 0.525. The van der Waals surface area contributed by atoms with Gasteiger partial charge in [0.1, 0.15) is 0 Å². The second kappa shape index (κ2) is 6.06. The molecule has 20 heavy (non-hydrogen) atoms. The Morgan fingerprint density at radius 2 is 1.10 bits per heavy atom. The number of benzene rings is 3. The summed E-state index contributed by atoms with van der Waals surface area (Å²) in [6.07, 6.45) is 0. The summed E-state index contributed by atoms with van der Waals surface area (Å²) in [4.78, 5) is 0. The van der Waals surface area contributed by atoms with Crippen LogP contribution >= 0.6 is 15.9 Å². The molecule has 3 rings (SSSR count). The molecule has 0 atom stereocenters. The molecule has 0 radical (unpaired) electrons. The monoisotopic (exact) mass is 322 g/mol. The van der Waals surface area contributed by atoms with Crippen LogP contribution in [-0.2, 0) is 5.33 Å². The van der Waals surface area contributed by atoms with Gasteiger partial charge in [-0.25, -0.2) is 0 Å². The van der Waals surface area contributed by atoms with Crippen LogP contribution in [0.4, 0.5) is 0 Å². The van der Waals surface area contributed by atoms with Crippen molar-refractivity contribution >= 4 is 15.9 Å². The maximum atomic E-state index is 3.52. The van der Waals surface area contributed by atoms with Gasteiger partial charge < -0.3 is 0 Å². The van der Waals surface area contributed by atoms with Crippen molar-refractivity contribution in [3.05, 3.63) is 84.4 Å². The Hall–Kier alpha value is -1.86. The zero-order valence-corrected chi connectivity index (χ0v) is 12.7. The van der Waals surface area contributed by atoms with Crippen molar-refractivity contribution < 1.29 is 0 Å². The Kier molecular flexibility index (Phi) is 3.98. The van der Waals surface area contributed by atoms with Crippen molar-refractivity contribution in [3.63, 3.8) is 0 Å². The molecule has 0 aliphatic carbocycles. The van der Waals surface area contributed by atoms with E-state index in [1.165, 1.54) is 27.8 Å². The van der Waals surface area contributed by atoms with E-state index in [4.69, 9.17) is 0 Å². The van der Waals surface area contributed by atoms with E-state index in [9.17, 15) is 0 Å². The lowest BCUT2D eigenvalue weighted by molar-refractivity contribution is 1.43. The van der Waals surface area contributed by atoms with Crippen molar-refractivity contribution in [3.8, 4) is 22.3 Å². The fourth-order valence-corrected chi connectivity index (χ4v) is 2.69. The van der Waals surface area contributed by atoms with E-state index in [1.54, 1.807) is 0 Å². The van der Waals surface area contributed by atoms with E-state index in [0.29, 0.717) is 0 Å². The predicted octanol–water partition coefficient (Wildman–Crippen LogP) is 5.92. The predicted molar refractivity (Wildman–Crippen MR) is 89.9 cm³/mol. The molecule has 0 heterocycles. The molecule has 0 fully saturated rings. The minimum absolute atomic E-state index is 0.888. The fraction of sp³-hybridized carbons (Fsp3) is 0.0526. The first-order valence-electron chi connectivity index (χ1n) is 6.67. The summed E-state index contributed by atoms with van der Waals surface area (Å²) in [5.74, 6) is 0. The largest absolute Gasteiger partial charge is 0.0876 e. The normalized spacial score (nSPS) is 10.4. The standard InChI is InChI=1S/C19H15Br/c20-14-15-6-4-9-17(12-15)19-11-5-10-18(13-19)16-7-2-1-3-8-16/h1-13H,14H2. The number of rotatable bonds is 3. The molecular formula is C19H15Br. The van der Waals surface area contributed by atoms with Gasteiger partial charge in [0.05, 0.1) is 0 Å². The van der Waals surface area contributed by atoms with E-state index in [0.717, 1.165) is 5.33 Å². The van der Waals surface area contributed by atoms with Crippen LogP contribution in [0.5, 0.6) is 0 Å². The summed E-state index contributed by atoms with van der Waals surface area (Å²) in [5.41, 5.74) is 6.33. The van der Waals surface area contributed by atoms with E-state index < -0.39 is 0 Å². The average molecular weight is 323 g/mol. The summed E-state index contributed by atoms with van der Waals surface area (Å²) in [7, 11) is 0. The smallest absolute Gasteiger partial charge is 0.0283 e. The Balaban J connectivity index is 2.03. The van der Waals surface area contributed by atoms with E-state index in [2.05, 4.69) is 88.7 Å². The molecule has 0 spiro atoms. The molecule has 0 N–H and O–H groups in total. The van der Waals surface area contributed by atoms with Gasteiger partial charge in [-0.1, -0.05) is 88.7 Å². The van der Waals surface area contributed by atoms with E-state index in [1.807, 2.05) is 6.07 Å². The van der Waals surface area contributed by atoms with Gasteiger partial charge >= 0.3 is 0 Å². The molecule has 0 unspecified atom stereocenters. The molecule has 0 nitrogen and oxygen atoms in total. The van der Waals surface area contributed by atoms with E-state index >= 15 is 0 Å².